The van der Waals surface area contributed by atoms with Crippen molar-refractivity contribution in [2.75, 3.05) is 0 Å². The Balaban J connectivity index is 2.36. The number of aromatic hydroxyl groups is 1. The Kier molecular flexibility index (Phi) is 3.90. The summed E-state index contributed by atoms with van der Waals surface area (Å²) in [6.45, 7) is 4.56. The third kappa shape index (κ3) is 2.97. The van der Waals surface area contributed by atoms with Gasteiger partial charge in [0.2, 0.25) is 0 Å². The molecule has 117 valence electrons. The van der Waals surface area contributed by atoms with Gasteiger partial charge in [-0.05, 0) is 41.8 Å². The van der Waals surface area contributed by atoms with E-state index in [9.17, 15) is 14.3 Å². The molecule has 0 atom stereocenters. The molecule has 23 heavy (non-hydrogen) atoms. The van der Waals surface area contributed by atoms with E-state index in [0.29, 0.717) is 28.4 Å². The van der Waals surface area contributed by atoms with E-state index in [2.05, 4.69) is 6.20 Å². The monoisotopic (exact) mass is 310 g/mol. The lowest BCUT2D eigenvalue weighted by Crippen LogP contribution is -2.23. The second-order valence-electron chi connectivity index (χ2n) is 6.04. The van der Waals surface area contributed by atoms with Crippen molar-refractivity contribution in [1.29, 1.82) is 0 Å². The number of fused-ring (bicyclic) bond motifs is 1. The molecule has 0 bridgehead atoms. The topological polar surface area (TPSA) is 42.2 Å². The summed E-state index contributed by atoms with van der Waals surface area (Å²) in [6, 6.07) is 10.8. The number of benzene rings is 2. The molecule has 0 amide bonds. The quantitative estimate of drug-likeness (QED) is 0.795. The molecule has 1 aromatic heterocycles. The van der Waals surface area contributed by atoms with Crippen LogP contribution in [-0.2, 0) is 6.54 Å². The molecule has 1 radical (unpaired) electrons. The van der Waals surface area contributed by atoms with Gasteiger partial charge in [0.05, 0.1) is 6.20 Å². The lowest BCUT2D eigenvalue weighted by molar-refractivity contribution is 0.476. The summed E-state index contributed by atoms with van der Waals surface area (Å²) >= 11 is 0. The number of pyridine rings is 1. The van der Waals surface area contributed by atoms with Crippen LogP contribution in [-0.4, -0.2) is 9.67 Å². The fourth-order valence-corrected chi connectivity index (χ4v) is 2.67. The summed E-state index contributed by atoms with van der Waals surface area (Å²) in [6.07, 6.45) is 3.08. The molecule has 0 aliphatic heterocycles. The van der Waals surface area contributed by atoms with E-state index in [0.717, 1.165) is 0 Å². The van der Waals surface area contributed by atoms with Crippen LogP contribution in [0.15, 0.2) is 47.3 Å². The van der Waals surface area contributed by atoms with E-state index < -0.39 is 0 Å². The maximum absolute atomic E-state index is 13.6. The number of phenolic OH excluding ortho intramolecular Hbond substituents is 1. The van der Waals surface area contributed by atoms with Crippen LogP contribution in [0.5, 0.6) is 5.75 Å². The predicted molar refractivity (Wildman–Crippen MR) is 88.9 cm³/mol. The molecule has 3 rings (SSSR count). The molecule has 0 saturated carbocycles. The van der Waals surface area contributed by atoms with Crippen molar-refractivity contribution in [3.05, 3.63) is 64.8 Å². The maximum atomic E-state index is 13.6. The van der Waals surface area contributed by atoms with Crippen molar-refractivity contribution in [3.63, 3.8) is 0 Å². The van der Waals surface area contributed by atoms with Crippen LogP contribution in [0, 0.1) is 17.9 Å². The van der Waals surface area contributed by atoms with Crippen molar-refractivity contribution in [2.45, 2.75) is 20.4 Å². The van der Waals surface area contributed by atoms with Crippen LogP contribution in [0.1, 0.15) is 13.8 Å². The zero-order valence-electron chi connectivity index (χ0n) is 13.0. The van der Waals surface area contributed by atoms with Gasteiger partial charge in [0.25, 0.3) is 5.56 Å². The van der Waals surface area contributed by atoms with Crippen LogP contribution in [0.25, 0.3) is 21.9 Å². The molecule has 0 fully saturated rings. The highest BCUT2D eigenvalue weighted by Crippen LogP contribution is 2.29. The largest absolute Gasteiger partial charge is 0.508 e. The van der Waals surface area contributed by atoms with Gasteiger partial charge < -0.3 is 9.67 Å². The molecule has 0 aliphatic rings. The summed E-state index contributed by atoms with van der Waals surface area (Å²) in [5.74, 6) is -0.0192. The molecule has 3 nitrogen and oxygen atoms in total. The molecule has 1 heterocycles. The first-order chi connectivity index (χ1) is 11.0. The predicted octanol–water partition coefficient (Wildman–Crippen LogP) is 3.97. The summed E-state index contributed by atoms with van der Waals surface area (Å²) in [7, 11) is 0. The lowest BCUT2D eigenvalue weighted by Gasteiger charge is -2.14. The fraction of sp³-hybridized carbons (Fsp3) is 0.211. The zero-order valence-corrected chi connectivity index (χ0v) is 13.0. The standard InChI is InChI=1S/C19H17FNO2/c1-12(2)10-21-11-18(13-4-3-5-14(20)8-13)17-9-15(22)6-7-16(17)19(21)23/h3-9,12,22H,10H2,1-2H3. The van der Waals surface area contributed by atoms with Crippen molar-refractivity contribution in [1.82, 2.24) is 4.57 Å². The molecule has 0 unspecified atom stereocenters. The van der Waals surface area contributed by atoms with Crippen LogP contribution in [0.3, 0.4) is 0 Å². The molecule has 1 N–H and O–H groups in total. The Morgan fingerprint density at radius 1 is 1.17 bits per heavy atom. The summed E-state index contributed by atoms with van der Waals surface area (Å²) in [5.41, 5.74) is 1.07. The second-order valence-corrected chi connectivity index (χ2v) is 6.04. The number of hydrogen-bond acceptors (Lipinski definition) is 2. The SMILES string of the molecule is CC(C)Cn1[c]c(-c2cccc(F)c2)c2cc(O)ccc2c1=O. The summed E-state index contributed by atoms with van der Waals surface area (Å²) in [5, 5.41) is 10.8. The molecule has 0 aliphatic carbocycles. The number of halogens is 1. The molecule has 3 aromatic rings. The molecular formula is C19H17FNO2. The van der Waals surface area contributed by atoms with Gasteiger partial charge in [-0.15, -0.1) is 0 Å². The van der Waals surface area contributed by atoms with E-state index in [4.69, 9.17) is 0 Å². The average molecular weight is 310 g/mol. The first-order valence-electron chi connectivity index (χ1n) is 7.50. The first-order valence-corrected chi connectivity index (χ1v) is 7.50. The van der Waals surface area contributed by atoms with Crippen LogP contribution < -0.4 is 5.56 Å². The lowest BCUT2D eigenvalue weighted by atomic mass is 10.00. The van der Waals surface area contributed by atoms with Crippen molar-refractivity contribution in [2.24, 2.45) is 5.92 Å². The van der Waals surface area contributed by atoms with E-state index in [-0.39, 0.29) is 23.0 Å². The second kappa shape index (κ2) is 5.88. The van der Waals surface area contributed by atoms with Crippen LogP contribution in [0.4, 0.5) is 4.39 Å². The molecule has 2 aromatic carbocycles. The zero-order chi connectivity index (χ0) is 16.6. The van der Waals surface area contributed by atoms with Gasteiger partial charge in [-0.1, -0.05) is 26.0 Å². The van der Waals surface area contributed by atoms with Crippen LogP contribution >= 0.6 is 0 Å². The van der Waals surface area contributed by atoms with Crippen molar-refractivity contribution in [3.8, 4) is 16.9 Å². The third-order valence-electron chi connectivity index (χ3n) is 3.66. The van der Waals surface area contributed by atoms with Gasteiger partial charge in [0, 0.05) is 22.9 Å². The molecule has 0 spiro atoms. The Morgan fingerprint density at radius 2 is 1.96 bits per heavy atom. The highest BCUT2D eigenvalue weighted by Gasteiger charge is 2.13. The summed E-state index contributed by atoms with van der Waals surface area (Å²) < 4.78 is 15.1. The smallest absolute Gasteiger partial charge is 0.258 e. The van der Waals surface area contributed by atoms with Crippen molar-refractivity contribution >= 4 is 10.8 Å². The minimum atomic E-state index is -0.356. The van der Waals surface area contributed by atoms with Gasteiger partial charge >= 0.3 is 0 Å². The fourth-order valence-electron chi connectivity index (χ4n) is 2.67. The minimum Gasteiger partial charge on any atom is -0.508 e. The number of aromatic nitrogens is 1. The Hall–Kier alpha value is -2.62. The van der Waals surface area contributed by atoms with Crippen LogP contribution in [0.2, 0.25) is 0 Å². The Bertz CT molecular complexity index is 928. The number of hydrogen-bond donors (Lipinski definition) is 1. The first kappa shape index (κ1) is 15.3. The highest BCUT2D eigenvalue weighted by atomic mass is 19.1. The number of rotatable bonds is 3. The van der Waals surface area contributed by atoms with E-state index >= 15 is 0 Å². The van der Waals surface area contributed by atoms with Gasteiger partial charge in [0.1, 0.15) is 11.6 Å². The number of nitrogens with zero attached hydrogens (tertiary/aromatic N) is 1. The average Bonchev–Trinajstić information content (AvgIpc) is 2.49. The summed E-state index contributed by atoms with van der Waals surface area (Å²) in [4.78, 5) is 12.6. The molecular weight excluding hydrogens is 293 g/mol. The Labute approximate surface area is 133 Å². The van der Waals surface area contributed by atoms with Crippen molar-refractivity contribution < 1.29 is 9.50 Å². The van der Waals surface area contributed by atoms with Gasteiger partial charge in [-0.3, -0.25) is 4.79 Å². The molecule has 0 saturated heterocycles. The maximum Gasteiger partial charge on any atom is 0.258 e. The van der Waals surface area contributed by atoms with E-state index in [1.807, 2.05) is 13.8 Å². The normalized spacial score (nSPS) is 11.3. The van der Waals surface area contributed by atoms with E-state index in [1.54, 1.807) is 18.2 Å². The molecule has 4 heteroatoms. The van der Waals surface area contributed by atoms with Gasteiger partial charge in [-0.25, -0.2) is 4.39 Å². The Morgan fingerprint density at radius 3 is 2.65 bits per heavy atom. The third-order valence-corrected chi connectivity index (χ3v) is 3.66. The highest BCUT2D eigenvalue weighted by molar-refractivity contribution is 5.96. The van der Waals surface area contributed by atoms with Gasteiger partial charge in [0.15, 0.2) is 0 Å². The number of phenols is 1. The minimum absolute atomic E-state index is 0.0598. The van der Waals surface area contributed by atoms with E-state index in [1.165, 1.54) is 28.8 Å². The van der Waals surface area contributed by atoms with Gasteiger partial charge in [-0.2, -0.15) is 0 Å².